The molecule has 0 saturated heterocycles. The zero-order chi connectivity index (χ0) is 14.7. The minimum atomic E-state index is -0.429. The molecule has 0 spiro atoms. The molecule has 5 nitrogen and oxygen atoms in total. The van der Waals surface area contributed by atoms with Crippen LogP contribution in [0.1, 0.15) is 11.1 Å². The van der Waals surface area contributed by atoms with Crippen molar-refractivity contribution >= 4 is 27.3 Å². The Hall–Kier alpha value is -2.08. The van der Waals surface area contributed by atoms with Gasteiger partial charge in [0.05, 0.1) is 4.92 Å². The number of halogens is 1. The molecule has 0 aromatic heterocycles. The van der Waals surface area contributed by atoms with Crippen LogP contribution >= 0.6 is 15.9 Å². The summed E-state index contributed by atoms with van der Waals surface area (Å²) in [6.45, 7) is 2.25. The van der Waals surface area contributed by atoms with Crippen LogP contribution in [-0.4, -0.2) is 10.0 Å². The Labute approximate surface area is 124 Å². The van der Waals surface area contributed by atoms with Crippen molar-refractivity contribution in [1.29, 1.82) is 0 Å². The van der Waals surface area contributed by atoms with Gasteiger partial charge in [0, 0.05) is 34.4 Å². The number of phenolic OH excluding ortho intramolecular Hbond substituents is 1. The molecule has 2 aromatic carbocycles. The summed E-state index contributed by atoms with van der Waals surface area (Å²) in [5.74, 6) is 0.184. The number of hydrogen-bond donors (Lipinski definition) is 2. The smallest absolute Gasteiger partial charge is 0.271 e. The summed E-state index contributed by atoms with van der Waals surface area (Å²) in [7, 11) is 0. The second-order valence-electron chi connectivity index (χ2n) is 4.38. The van der Waals surface area contributed by atoms with Gasteiger partial charge in [0.1, 0.15) is 5.75 Å². The Balaban J connectivity index is 2.20. The van der Waals surface area contributed by atoms with E-state index >= 15 is 0 Å². The lowest BCUT2D eigenvalue weighted by molar-refractivity contribution is -0.384. The molecule has 0 radical (unpaired) electrons. The summed E-state index contributed by atoms with van der Waals surface area (Å²) in [6, 6.07) is 9.80. The standard InChI is InChI=1S/C14H13BrN2O3/c1-9-2-4-12(17(19)20)7-13(9)16-8-10-6-11(15)3-5-14(10)18/h2-7,16,18H,8H2,1H3. The molecule has 0 aliphatic rings. The number of nitro groups is 1. The lowest BCUT2D eigenvalue weighted by Crippen LogP contribution is -2.02. The first-order valence-corrected chi connectivity index (χ1v) is 6.73. The summed E-state index contributed by atoms with van der Waals surface area (Å²) in [6.07, 6.45) is 0. The van der Waals surface area contributed by atoms with E-state index in [1.54, 1.807) is 24.3 Å². The second kappa shape index (κ2) is 5.92. The summed E-state index contributed by atoms with van der Waals surface area (Å²) >= 11 is 3.34. The molecule has 0 heterocycles. The SMILES string of the molecule is Cc1ccc([N+](=O)[O-])cc1NCc1cc(Br)ccc1O. The molecule has 0 atom stereocenters. The average Bonchev–Trinajstić information content (AvgIpc) is 2.41. The van der Waals surface area contributed by atoms with Crippen molar-refractivity contribution in [2.45, 2.75) is 13.5 Å². The first-order valence-electron chi connectivity index (χ1n) is 5.93. The number of aromatic hydroxyl groups is 1. The molecule has 0 bridgehead atoms. The van der Waals surface area contributed by atoms with Crippen molar-refractivity contribution in [1.82, 2.24) is 0 Å². The number of benzene rings is 2. The van der Waals surface area contributed by atoms with Crippen molar-refractivity contribution in [3.05, 3.63) is 62.1 Å². The van der Waals surface area contributed by atoms with Crippen LogP contribution in [0.25, 0.3) is 0 Å². The first kappa shape index (κ1) is 14.3. The topological polar surface area (TPSA) is 75.4 Å². The predicted molar refractivity (Wildman–Crippen MR) is 81.0 cm³/mol. The molecule has 0 aliphatic heterocycles. The minimum Gasteiger partial charge on any atom is -0.508 e. The molecule has 104 valence electrons. The molecule has 6 heteroatoms. The van der Waals surface area contributed by atoms with Crippen LogP contribution in [-0.2, 0) is 6.54 Å². The number of phenols is 1. The normalized spacial score (nSPS) is 10.3. The molecule has 20 heavy (non-hydrogen) atoms. The Bertz CT molecular complexity index is 659. The lowest BCUT2D eigenvalue weighted by Gasteiger charge is -2.11. The van der Waals surface area contributed by atoms with Gasteiger partial charge in [-0.1, -0.05) is 22.0 Å². The fourth-order valence-corrected chi connectivity index (χ4v) is 2.21. The van der Waals surface area contributed by atoms with Crippen molar-refractivity contribution in [2.75, 3.05) is 5.32 Å². The molecule has 2 rings (SSSR count). The fourth-order valence-electron chi connectivity index (χ4n) is 1.80. The van der Waals surface area contributed by atoms with E-state index in [0.717, 1.165) is 10.0 Å². The number of anilines is 1. The maximum Gasteiger partial charge on any atom is 0.271 e. The molecular formula is C14H13BrN2O3. The average molecular weight is 337 g/mol. The predicted octanol–water partition coefficient (Wildman–Crippen LogP) is 3.98. The van der Waals surface area contributed by atoms with Crippen LogP contribution in [0, 0.1) is 17.0 Å². The molecule has 0 amide bonds. The van der Waals surface area contributed by atoms with Gasteiger partial charge in [0.25, 0.3) is 5.69 Å². The molecule has 0 unspecified atom stereocenters. The minimum absolute atomic E-state index is 0.0385. The Morgan fingerprint density at radius 1 is 1.30 bits per heavy atom. The van der Waals surface area contributed by atoms with Gasteiger partial charge in [-0.3, -0.25) is 10.1 Å². The van der Waals surface area contributed by atoms with Crippen LogP contribution < -0.4 is 5.32 Å². The maximum atomic E-state index is 10.8. The highest BCUT2D eigenvalue weighted by Gasteiger charge is 2.09. The largest absolute Gasteiger partial charge is 0.508 e. The highest BCUT2D eigenvalue weighted by Crippen LogP contribution is 2.25. The van der Waals surface area contributed by atoms with Gasteiger partial charge >= 0.3 is 0 Å². The third-order valence-corrected chi connectivity index (χ3v) is 3.44. The molecule has 2 N–H and O–H groups in total. The van der Waals surface area contributed by atoms with Crippen LogP contribution in [0.2, 0.25) is 0 Å². The molecule has 0 aliphatic carbocycles. The number of aryl methyl sites for hydroxylation is 1. The van der Waals surface area contributed by atoms with E-state index in [1.807, 2.05) is 6.92 Å². The van der Waals surface area contributed by atoms with Gasteiger partial charge in [-0.25, -0.2) is 0 Å². The fraction of sp³-hybridized carbons (Fsp3) is 0.143. The zero-order valence-corrected chi connectivity index (χ0v) is 12.3. The van der Waals surface area contributed by atoms with E-state index in [1.165, 1.54) is 12.1 Å². The Kier molecular flexibility index (Phi) is 4.24. The third-order valence-electron chi connectivity index (χ3n) is 2.94. The van der Waals surface area contributed by atoms with Crippen LogP contribution in [0.5, 0.6) is 5.75 Å². The van der Waals surface area contributed by atoms with E-state index in [2.05, 4.69) is 21.2 Å². The Morgan fingerprint density at radius 2 is 2.05 bits per heavy atom. The molecular weight excluding hydrogens is 324 g/mol. The summed E-state index contributed by atoms with van der Waals surface area (Å²) in [4.78, 5) is 10.3. The van der Waals surface area contributed by atoms with E-state index < -0.39 is 4.92 Å². The van der Waals surface area contributed by atoms with Gasteiger partial charge in [-0.05, 0) is 30.7 Å². The number of nitrogens with zero attached hydrogens (tertiary/aromatic N) is 1. The van der Waals surface area contributed by atoms with E-state index in [4.69, 9.17) is 0 Å². The van der Waals surface area contributed by atoms with Gasteiger partial charge in [-0.15, -0.1) is 0 Å². The first-order chi connectivity index (χ1) is 9.47. The van der Waals surface area contributed by atoms with E-state index in [-0.39, 0.29) is 11.4 Å². The van der Waals surface area contributed by atoms with Gasteiger partial charge in [0.15, 0.2) is 0 Å². The van der Waals surface area contributed by atoms with Crippen molar-refractivity contribution in [3.63, 3.8) is 0 Å². The zero-order valence-electron chi connectivity index (χ0n) is 10.8. The van der Waals surface area contributed by atoms with Crippen molar-refractivity contribution in [3.8, 4) is 5.75 Å². The number of rotatable bonds is 4. The van der Waals surface area contributed by atoms with Crippen LogP contribution in [0.15, 0.2) is 40.9 Å². The summed E-state index contributed by atoms with van der Waals surface area (Å²) in [5.41, 5.74) is 2.34. The number of non-ortho nitro benzene ring substituents is 1. The number of nitrogens with one attached hydrogen (secondary N) is 1. The van der Waals surface area contributed by atoms with Gasteiger partial charge in [-0.2, -0.15) is 0 Å². The molecule has 0 saturated carbocycles. The van der Waals surface area contributed by atoms with Crippen molar-refractivity contribution in [2.24, 2.45) is 0 Å². The van der Waals surface area contributed by atoms with Gasteiger partial charge < -0.3 is 10.4 Å². The quantitative estimate of drug-likeness (QED) is 0.654. The Morgan fingerprint density at radius 3 is 2.75 bits per heavy atom. The highest BCUT2D eigenvalue weighted by atomic mass is 79.9. The second-order valence-corrected chi connectivity index (χ2v) is 5.30. The summed E-state index contributed by atoms with van der Waals surface area (Å²) in [5, 5.41) is 23.6. The number of nitro benzene ring substituents is 1. The monoisotopic (exact) mass is 336 g/mol. The summed E-state index contributed by atoms with van der Waals surface area (Å²) < 4.78 is 0.864. The van der Waals surface area contributed by atoms with Gasteiger partial charge in [0.2, 0.25) is 0 Å². The molecule has 0 fully saturated rings. The van der Waals surface area contributed by atoms with Crippen molar-refractivity contribution < 1.29 is 10.0 Å². The molecule has 2 aromatic rings. The number of hydrogen-bond acceptors (Lipinski definition) is 4. The van der Waals surface area contributed by atoms with E-state index in [0.29, 0.717) is 17.8 Å². The van der Waals surface area contributed by atoms with Crippen LogP contribution in [0.3, 0.4) is 0 Å². The lowest BCUT2D eigenvalue weighted by atomic mass is 10.1. The van der Waals surface area contributed by atoms with Crippen LogP contribution in [0.4, 0.5) is 11.4 Å². The maximum absolute atomic E-state index is 10.8. The third kappa shape index (κ3) is 3.27. The van der Waals surface area contributed by atoms with E-state index in [9.17, 15) is 15.2 Å². The highest BCUT2D eigenvalue weighted by molar-refractivity contribution is 9.10.